The zero-order chi connectivity index (χ0) is 24.5. The van der Waals surface area contributed by atoms with Gasteiger partial charge < -0.3 is 19.3 Å². The predicted molar refractivity (Wildman–Crippen MR) is 137 cm³/mol. The van der Waals surface area contributed by atoms with Gasteiger partial charge in [0.2, 0.25) is 11.8 Å². The van der Waals surface area contributed by atoms with Crippen molar-refractivity contribution in [1.29, 1.82) is 0 Å². The minimum absolute atomic E-state index is 0.210. The molecule has 8 nitrogen and oxygen atoms in total. The van der Waals surface area contributed by atoms with Crippen LogP contribution in [0.5, 0.6) is 17.4 Å². The van der Waals surface area contributed by atoms with Crippen LogP contribution in [0.1, 0.15) is 24.8 Å². The van der Waals surface area contributed by atoms with Crippen LogP contribution in [-0.2, 0) is 11.3 Å². The number of hydrogen-bond acceptors (Lipinski definition) is 7. The summed E-state index contributed by atoms with van der Waals surface area (Å²) in [6, 6.07) is 11.7. The highest BCUT2D eigenvalue weighted by atomic mass is 16.5. The van der Waals surface area contributed by atoms with E-state index in [0.717, 1.165) is 76.4 Å². The molecular weight excluding hydrogens is 442 g/mol. The first-order valence-electron chi connectivity index (χ1n) is 12.8. The maximum Gasteiger partial charge on any atom is 0.236 e. The molecule has 190 valence electrons. The number of carbonyl (C=O) groups is 1. The zero-order valence-electron chi connectivity index (χ0n) is 21.2. The lowest BCUT2D eigenvalue weighted by Crippen LogP contribution is -2.52. The van der Waals surface area contributed by atoms with E-state index < -0.39 is 0 Å². The third-order valence-corrected chi connectivity index (χ3v) is 6.62. The molecule has 1 fully saturated rings. The number of pyridine rings is 1. The molecule has 1 saturated heterocycles. The SMILES string of the molecule is CN(C)CCN1CCN(C(=O)CN2CCCCCOc3ccccc3Oc3ncccc3C2)CC1. The Morgan fingerprint density at radius 1 is 0.943 bits per heavy atom. The predicted octanol–water partition coefficient (Wildman–Crippen LogP) is 2.94. The van der Waals surface area contributed by atoms with Crippen LogP contribution in [0.25, 0.3) is 0 Å². The molecule has 0 aliphatic carbocycles. The minimum Gasteiger partial charge on any atom is -0.490 e. The smallest absolute Gasteiger partial charge is 0.236 e. The van der Waals surface area contributed by atoms with Crippen molar-refractivity contribution in [2.75, 3.05) is 73.1 Å². The van der Waals surface area contributed by atoms with E-state index in [2.05, 4.69) is 33.8 Å². The maximum atomic E-state index is 13.2. The number of nitrogens with zero attached hydrogens (tertiary/aromatic N) is 5. The number of piperazine rings is 1. The molecule has 0 spiro atoms. The molecule has 2 aliphatic heterocycles. The van der Waals surface area contributed by atoms with Crippen LogP contribution in [-0.4, -0.2) is 104 Å². The fraction of sp³-hybridized carbons (Fsp3) is 0.556. The number of likely N-dealkylation sites (N-methyl/N-ethyl adjacent to an activating group) is 1. The normalized spacial score (nSPS) is 18.3. The van der Waals surface area contributed by atoms with E-state index in [-0.39, 0.29) is 5.91 Å². The van der Waals surface area contributed by atoms with E-state index in [4.69, 9.17) is 9.47 Å². The van der Waals surface area contributed by atoms with E-state index >= 15 is 0 Å². The molecule has 1 aromatic carbocycles. The summed E-state index contributed by atoms with van der Waals surface area (Å²) in [5.41, 5.74) is 0.975. The molecule has 4 rings (SSSR count). The van der Waals surface area contributed by atoms with Crippen LogP contribution >= 0.6 is 0 Å². The first-order chi connectivity index (χ1) is 17.1. The summed E-state index contributed by atoms with van der Waals surface area (Å²) < 4.78 is 12.2. The molecule has 1 amide bonds. The lowest BCUT2D eigenvalue weighted by molar-refractivity contribution is -0.134. The van der Waals surface area contributed by atoms with E-state index in [9.17, 15) is 4.79 Å². The van der Waals surface area contributed by atoms with Gasteiger partial charge in [-0.3, -0.25) is 14.6 Å². The van der Waals surface area contributed by atoms with Crippen LogP contribution < -0.4 is 9.47 Å². The highest BCUT2D eigenvalue weighted by Gasteiger charge is 2.23. The van der Waals surface area contributed by atoms with Crippen molar-refractivity contribution >= 4 is 5.91 Å². The summed E-state index contributed by atoms with van der Waals surface area (Å²) in [5.74, 6) is 2.18. The molecule has 0 N–H and O–H groups in total. The van der Waals surface area contributed by atoms with Gasteiger partial charge in [-0.05, 0) is 58.1 Å². The molecule has 2 aliphatic rings. The summed E-state index contributed by atoms with van der Waals surface area (Å²) in [6.07, 6.45) is 4.78. The average Bonchev–Trinajstić information content (AvgIpc) is 2.88. The van der Waals surface area contributed by atoms with Gasteiger partial charge in [-0.15, -0.1) is 0 Å². The summed E-state index contributed by atoms with van der Waals surface area (Å²) >= 11 is 0. The number of rotatable bonds is 5. The topological polar surface area (TPSA) is 61.4 Å². The van der Waals surface area contributed by atoms with Crippen molar-refractivity contribution in [3.8, 4) is 17.4 Å². The van der Waals surface area contributed by atoms with Crippen molar-refractivity contribution in [3.05, 3.63) is 48.2 Å². The molecule has 1 aromatic heterocycles. The van der Waals surface area contributed by atoms with Crippen LogP contribution in [0.4, 0.5) is 0 Å². The third kappa shape index (κ3) is 7.65. The number of para-hydroxylation sites is 2. The van der Waals surface area contributed by atoms with Gasteiger partial charge in [0.15, 0.2) is 11.5 Å². The van der Waals surface area contributed by atoms with Gasteiger partial charge in [0.25, 0.3) is 0 Å². The highest BCUT2D eigenvalue weighted by molar-refractivity contribution is 5.78. The molecule has 0 radical (unpaired) electrons. The van der Waals surface area contributed by atoms with E-state index in [0.29, 0.717) is 31.3 Å². The van der Waals surface area contributed by atoms with Gasteiger partial charge in [-0.1, -0.05) is 18.2 Å². The number of ether oxygens (including phenoxy) is 2. The molecule has 0 bridgehead atoms. The Morgan fingerprint density at radius 3 is 2.54 bits per heavy atom. The van der Waals surface area contributed by atoms with E-state index in [1.165, 1.54) is 0 Å². The third-order valence-electron chi connectivity index (χ3n) is 6.62. The number of hydrogen-bond donors (Lipinski definition) is 0. The van der Waals surface area contributed by atoms with Crippen molar-refractivity contribution in [3.63, 3.8) is 0 Å². The Bertz CT molecular complexity index is 946. The number of benzene rings is 1. The fourth-order valence-electron chi connectivity index (χ4n) is 4.50. The van der Waals surface area contributed by atoms with Gasteiger partial charge >= 0.3 is 0 Å². The van der Waals surface area contributed by atoms with Crippen LogP contribution in [0.15, 0.2) is 42.6 Å². The quantitative estimate of drug-likeness (QED) is 0.651. The van der Waals surface area contributed by atoms with Gasteiger partial charge in [0.1, 0.15) is 0 Å². The first kappa shape index (κ1) is 25.4. The molecule has 8 heteroatoms. The second kappa shape index (κ2) is 12.9. The van der Waals surface area contributed by atoms with Crippen molar-refractivity contribution in [2.24, 2.45) is 0 Å². The molecular formula is C27H39N5O3. The zero-order valence-corrected chi connectivity index (χ0v) is 21.2. The van der Waals surface area contributed by atoms with Crippen molar-refractivity contribution in [1.82, 2.24) is 24.6 Å². The average molecular weight is 482 g/mol. The second-order valence-corrected chi connectivity index (χ2v) is 9.66. The Labute approximate surface area is 209 Å². The lowest BCUT2D eigenvalue weighted by atomic mass is 10.2. The molecule has 0 unspecified atom stereocenters. The number of aromatic nitrogens is 1. The van der Waals surface area contributed by atoms with Crippen LogP contribution in [0.2, 0.25) is 0 Å². The van der Waals surface area contributed by atoms with Crippen molar-refractivity contribution in [2.45, 2.75) is 25.8 Å². The Balaban J connectivity index is 1.41. The maximum absolute atomic E-state index is 13.2. The molecule has 0 saturated carbocycles. The number of carbonyl (C=O) groups excluding carboxylic acids is 1. The standard InChI is InChI=1S/C27H39N5O3/c1-29(2)14-15-30-16-18-32(19-17-30)26(33)22-31-13-6-3-7-20-34-24-10-4-5-11-25(24)35-27-23(21-31)9-8-12-28-27/h4-5,8-12H,3,6-7,13-22H2,1-2H3. The summed E-state index contributed by atoms with van der Waals surface area (Å²) in [4.78, 5) is 26.7. The van der Waals surface area contributed by atoms with Gasteiger partial charge in [-0.2, -0.15) is 0 Å². The largest absolute Gasteiger partial charge is 0.490 e. The Hall–Kier alpha value is -2.68. The first-order valence-corrected chi connectivity index (χ1v) is 12.8. The van der Waals surface area contributed by atoms with Crippen molar-refractivity contribution < 1.29 is 14.3 Å². The van der Waals surface area contributed by atoms with Crippen LogP contribution in [0, 0.1) is 0 Å². The van der Waals surface area contributed by atoms with Gasteiger partial charge in [0, 0.05) is 57.6 Å². The number of fused-ring (bicyclic) bond motifs is 2. The van der Waals surface area contributed by atoms with E-state index in [1.807, 2.05) is 41.3 Å². The lowest BCUT2D eigenvalue weighted by Gasteiger charge is -2.36. The summed E-state index contributed by atoms with van der Waals surface area (Å²) in [5, 5.41) is 0. The molecule has 2 aromatic rings. The van der Waals surface area contributed by atoms with E-state index in [1.54, 1.807) is 6.20 Å². The molecule has 3 heterocycles. The fourth-order valence-corrected chi connectivity index (χ4v) is 4.50. The van der Waals surface area contributed by atoms with Gasteiger partial charge in [0.05, 0.1) is 13.2 Å². The van der Waals surface area contributed by atoms with Crippen LogP contribution in [0.3, 0.4) is 0 Å². The summed E-state index contributed by atoms with van der Waals surface area (Å²) in [6.45, 7) is 8.14. The Kier molecular flexibility index (Phi) is 9.34. The monoisotopic (exact) mass is 481 g/mol. The second-order valence-electron chi connectivity index (χ2n) is 9.66. The molecule has 0 atom stereocenters. The highest BCUT2D eigenvalue weighted by Crippen LogP contribution is 2.32. The Morgan fingerprint density at radius 2 is 1.74 bits per heavy atom. The molecule has 35 heavy (non-hydrogen) atoms. The summed E-state index contributed by atoms with van der Waals surface area (Å²) in [7, 11) is 4.20. The minimum atomic E-state index is 0.210. The van der Waals surface area contributed by atoms with Gasteiger partial charge in [-0.25, -0.2) is 4.98 Å². The number of amides is 1.